The summed E-state index contributed by atoms with van der Waals surface area (Å²) in [7, 11) is 0. The molecule has 0 atom stereocenters. The van der Waals surface area contributed by atoms with Gasteiger partial charge in [-0.3, -0.25) is 9.78 Å². The number of phenols is 1. The molecular weight excluding hydrogens is 426 g/mol. The number of nitrogens with zero attached hydrogens (tertiary/aromatic N) is 2. The van der Waals surface area contributed by atoms with Crippen molar-refractivity contribution < 1.29 is 19.4 Å². The molecule has 2 N–H and O–H groups in total. The number of benzene rings is 2. The second kappa shape index (κ2) is 9.18. The van der Waals surface area contributed by atoms with Crippen LogP contribution in [0, 0.1) is 0 Å². The number of aromatic nitrogens is 1. The van der Waals surface area contributed by atoms with Crippen LogP contribution in [0.4, 0.5) is 0 Å². The molecular formula is C20H18BrN3O4. The molecule has 0 fully saturated rings. The lowest BCUT2D eigenvalue weighted by molar-refractivity contribution is -0.123. The number of ether oxygens (including phenoxy) is 2. The number of hydrazone groups is 1. The molecule has 0 aliphatic carbocycles. The van der Waals surface area contributed by atoms with E-state index in [2.05, 4.69) is 31.4 Å². The molecule has 1 heterocycles. The van der Waals surface area contributed by atoms with Crippen LogP contribution in [0.25, 0.3) is 10.9 Å². The zero-order chi connectivity index (χ0) is 19.9. The molecule has 144 valence electrons. The minimum absolute atomic E-state index is 0.0204. The molecule has 3 rings (SSSR count). The van der Waals surface area contributed by atoms with Gasteiger partial charge in [0.25, 0.3) is 5.91 Å². The van der Waals surface area contributed by atoms with E-state index in [1.807, 2.05) is 31.2 Å². The number of aromatic hydroxyl groups is 1. The molecule has 0 aliphatic heterocycles. The van der Waals surface area contributed by atoms with Crippen LogP contribution >= 0.6 is 15.9 Å². The SMILES string of the molecule is CCOc1cc(/C=N\NC(=O)COc2cccc3cccnc23)c(Br)cc1O. The first kappa shape index (κ1) is 19.6. The average molecular weight is 444 g/mol. The Bertz CT molecular complexity index is 1020. The van der Waals surface area contributed by atoms with E-state index in [-0.39, 0.29) is 12.4 Å². The Morgan fingerprint density at radius 2 is 2.07 bits per heavy atom. The highest BCUT2D eigenvalue weighted by molar-refractivity contribution is 9.10. The second-order valence-electron chi connectivity index (χ2n) is 5.69. The Morgan fingerprint density at radius 3 is 2.89 bits per heavy atom. The van der Waals surface area contributed by atoms with Crippen molar-refractivity contribution in [3.63, 3.8) is 0 Å². The fourth-order valence-electron chi connectivity index (χ4n) is 2.47. The highest BCUT2D eigenvalue weighted by atomic mass is 79.9. The number of halogens is 1. The molecule has 8 heteroatoms. The van der Waals surface area contributed by atoms with Gasteiger partial charge < -0.3 is 14.6 Å². The van der Waals surface area contributed by atoms with Crippen LogP contribution < -0.4 is 14.9 Å². The second-order valence-corrected chi connectivity index (χ2v) is 6.54. The van der Waals surface area contributed by atoms with Gasteiger partial charge in [0.15, 0.2) is 18.1 Å². The number of para-hydroxylation sites is 1. The van der Waals surface area contributed by atoms with Gasteiger partial charge in [-0.2, -0.15) is 5.10 Å². The minimum atomic E-state index is -0.413. The Balaban J connectivity index is 1.60. The van der Waals surface area contributed by atoms with E-state index in [9.17, 15) is 9.90 Å². The summed E-state index contributed by atoms with van der Waals surface area (Å²) in [5, 5.41) is 14.7. The fraction of sp³-hybridized carbons (Fsp3) is 0.150. The maximum Gasteiger partial charge on any atom is 0.277 e. The van der Waals surface area contributed by atoms with Crippen molar-refractivity contribution >= 4 is 39.0 Å². The van der Waals surface area contributed by atoms with Crippen LogP contribution in [0.1, 0.15) is 12.5 Å². The Morgan fingerprint density at radius 1 is 1.25 bits per heavy atom. The average Bonchev–Trinajstić information content (AvgIpc) is 2.69. The number of fused-ring (bicyclic) bond motifs is 1. The van der Waals surface area contributed by atoms with Gasteiger partial charge in [-0.1, -0.05) is 18.2 Å². The summed E-state index contributed by atoms with van der Waals surface area (Å²) in [4.78, 5) is 16.3. The zero-order valence-corrected chi connectivity index (χ0v) is 16.6. The lowest BCUT2D eigenvalue weighted by Crippen LogP contribution is -2.24. The largest absolute Gasteiger partial charge is 0.504 e. The number of phenolic OH excluding ortho intramolecular Hbond substituents is 1. The number of rotatable bonds is 7. The fourth-order valence-corrected chi connectivity index (χ4v) is 2.90. The third kappa shape index (κ3) is 4.77. The van der Waals surface area contributed by atoms with E-state index in [4.69, 9.17) is 9.47 Å². The van der Waals surface area contributed by atoms with Gasteiger partial charge in [-0.25, -0.2) is 5.43 Å². The van der Waals surface area contributed by atoms with Crippen LogP contribution in [0.5, 0.6) is 17.2 Å². The first-order valence-electron chi connectivity index (χ1n) is 8.52. The van der Waals surface area contributed by atoms with Gasteiger partial charge in [0.2, 0.25) is 0 Å². The molecule has 0 bridgehead atoms. The van der Waals surface area contributed by atoms with Crippen molar-refractivity contribution in [2.24, 2.45) is 5.10 Å². The van der Waals surface area contributed by atoms with E-state index in [0.717, 1.165) is 5.39 Å². The number of hydrogen-bond donors (Lipinski definition) is 2. The van der Waals surface area contributed by atoms with Crippen LogP contribution in [-0.4, -0.2) is 35.4 Å². The van der Waals surface area contributed by atoms with Crippen molar-refractivity contribution in [3.8, 4) is 17.2 Å². The smallest absolute Gasteiger partial charge is 0.277 e. The zero-order valence-electron chi connectivity index (χ0n) is 15.1. The van der Waals surface area contributed by atoms with E-state index in [1.54, 1.807) is 18.3 Å². The van der Waals surface area contributed by atoms with Crippen molar-refractivity contribution in [1.29, 1.82) is 0 Å². The van der Waals surface area contributed by atoms with Gasteiger partial charge in [0.05, 0.1) is 12.8 Å². The molecule has 0 unspecified atom stereocenters. The lowest BCUT2D eigenvalue weighted by Gasteiger charge is -2.08. The van der Waals surface area contributed by atoms with Gasteiger partial charge in [-0.15, -0.1) is 0 Å². The van der Waals surface area contributed by atoms with E-state index in [0.29, 0.717) is 33.7 Å². The summed E-state index contributed by atoms with van der Waals surface area (Å²) in [5.74, 6) is 0.473. The van der Waals surface area contributed by atoms with Gasteiger partial charge >= 0.3 is 0 Å². The standard InChI is InChI=1S/C20H18BrN3O4/c1-2-27-18-9-14(15(21)10-16(18)25)11-23-24-19(26)12-28-17-7-3-5-13-6-4-8-22-20(13)17/h3-11,25H,2,12H2,1H3,(H,24,26)/b23-11-. The third-order valence-corrected chi connectivity index (χ3v) is 4.41. The molecule has 7 nitrogen and oxygen atoms in total. The predicted octanol–water partition coefficient (Wildman–Crippen LogP) is 3.63. The normalized spacial score (nSPS) is 10.9. The number of hydrogen-bond acceptors (Lipinski definition) is 6. The molecule has 0 saturated heterocycles. The molecule has 0 saturated carbocycles. The molecule has 0 spiro atoms. The van der Waals surface area contributed by atoms with Crippen molar-refractivity contribution in [3.05, 3.63) is 58.7 Å². The molecule has 1 aromatic heterocycles. The van der Waals surface area contributed by atoms with E-state index in [1.165, 1.54) is 12.3 Å². The quantitative estimate of drug-likeness (QED) is 0.429. The van der Waals surface area contributed by atoms with Crippen molar-refractivity contribution in [1.82, 2.24) is 10.4 Å². The molecule has 0 aliphatic rings. The maximum absolute atomic E-state index is 12.0. The lowest BCUT2D eigenvalue weighted by atomic mass is 10.2. The Hall–Kier alpha value is -3.13. The summed E-state index contributed by atoms with van der Waals surface area (Å²) in [6.45, 7) is 2.04. The minimum Gasteiger partial charge on any atom is -0.504 e. The molecule has 1 amide bonds. The summed E-state index contributed by atoms with van der Waals surface area (Å²) in [6.07, 6.45) is 3.12. The summed E-state index contributed by atoms with van der Waals surface area (Å²) >= 11 is 3.33. The Kier molecular flexibility index (Phi) is 6.44. The first-order valence-corrected chi connectivity index (χ1v) is 9.31. The summed E-state index contributed by atoms with van der Waals surface area (Å²) in [5.41, 5.74) is 3.74. The molecule has 0 radical (unpaired) electrons. The van der Waals surface area contributed by atoms with Gasteiger partial charge in [-0.05, 0) is 47.1 Å². The van der Waals surface area contributed by atoms with Gasteiger partial charge in [0.1, 0.15) is 11.3 Å². The number of carbonyl (C=O) groups excluding carboxylic acids is 1. The highest BCUT2D eigenvalue weighted by Gasteiger charge is 2.08. The predicted molar refractivity (Wildman–Crippen MR) is 110 cm³/mol. The first-order chi connectivity index (χ1) is 13.6. The van der Waals surface area contributed by atoms with Crippen LogP contribution in [0.2, 0.25) is 0 Å². The highest BCUT2D eigenvalue weighted by Crippen LogP contribution is 2.31. The van der Waals surface area contributed by atoms with Crippen LogP contribution in [0.3, 0.4) is 0 Å². The molecule has 28 heavy (non-hydrogen) atoms. The van der Waals surface area contributed by atoms with Crippen LogP contribution in [-0.2, 0) is 4.79 Å². The number of nitrogens with one attached hydrogen (secondary N) is 1. The maximum atomic E-state index is 12.0. The number of carbonyl (C=O) groups is 1. The molecule has 2 aromatic carbocycles. The topological polar surface area (TPSA) is 93.0 Å². The van der Waals surface area contributed by atoms with Crippen molar-refractivity contribution in [2.75, 3.05) is 13.2 Å². The monoisotopic (exact) mass is 443 g/mol. The molecule has 3 aromatic rings. The van der Waals surface area contributed by atoms with Gasteiger partial charge in [0, 0.05) is 21.6 Å². The van der Waals surface area contributed by atoms with E-state index < -0.39 is 5.91 Å². The van der Waals surface area contributed by atoms with Crippen LogP contribution in [0.15, 0.2) is 58.2 Å². The Labute approximate surface area is 170 Å². The third-order valence-electron chi connectivity index (χ3n) is 3.73. The number of amides is 1. The summed E-state index contributed by atoms with van der Waals surface area (Å²) in [6, 6.07) is 12.4. The number of pyridine rings is 1. The van der Waals surface area contributed by atoms with E-state index >= 15 is 0 Å². The van der Waals surface area contributed by atoms with Crippen molar-refractivity contribution in [2.45, 2.75) is 6.92 Å². The summed E-state index contributed by atoms with van der Waals surface area (Å²) < 4.78 is 11.5.